The predicted octanol–water partition coefficient (Wildman–Crippen LogP) is 14.1. The van der Waals surface area contributed by atoms with Crippen LogP contribution >= 0.6 is 0 Å². The Bertz CT molecular complexity index is 2610. The molecule has 240 valence electrons. The lowest BCUT2D eigenvalue weighted by molar-refractivity contribution is 1.29. The average molecular weight is 650 g/mol. The smallest absolute Gasteiger partial charge is 0.0540 e. The summed E-state index contributed by atoms with van der Waals surface area (Å²) >= 11 is 0. The van der Waals surface area contributed by atoms with Gasteiger partial charge in [-0.3, -0.25) is 0 Å². The third-order valence-electron chi connectivity index (χ3n) is 9.85. The molecule has 0 bridgehead atoms. The minimum Gasteiger partial charge on any atom is -0.310 e. The lowest BCUT2D eigenvalue weighted by atomic mass is 9.89. The molecule has 0 saturated carbocycles. The number of hydrogen-bond acceptors (Lipinski definition) is 1. The Morgan fingerprint density at radius 3 is 1.53 bits per heavy atom. The van der Waals surface area contributed by atoms with Crippen molar-refractivity contribution < 1.29 is 0 Å². The van der Waals surface area contributed by atoms with E-state index in [9.17, 15) is 0 Å². The number of rotatable bonds is 7. The van der Waals surface area contributed by atoms with Gasteiger partial charge in [0.05, 0.1) is 5.69 Å². The van der Waals surface area contributed by atoms with E-state index in [1.165, 1.54) is 66.1 Å². The minimum absolute atomic E-state index is 1.10. The van der Waals surface area contributed by atoms with Gasteiger partial charge in [-0.05, 0) is 96.9 Å². The summed E-state index contributed by atoms with van der Waals surface area (Å²) in [7, 11) is 0. The lowest BCUT2D eigenvalue weighted by Gasteiger charge is -2.29. The molecule has 0 saturated heterocycles. The average Bonchev–Trinajstić information content (AvgIpc) is 3.22. The van der Waals surface area contributed by atoms with E-state index in [2.05, 4.69) is 217 Å². The van der Waals surface area contributed by atoms with Gasteiger partial charge in [0, 0.05) is 16.9 Å². The third kappa shape index (κ3) is 5.86. The monoisotopic (exact) mass is 649 g/mol. The Kier molecular flexibility index (Phi) is 7.92. The summed E-state index contributed by atoms with van der Waals surface area (Å²) in [5, 5.41) is 4.94. The maximum atomic E-state index is 2.41. The quantitative estimate of drug-likeness (QED) is 0.166. The first-order chi connectivity index (χ1) is 25.3. The van der Waals surface area contributed by atoms with Crippen LogP contribution in [0.2, 0.25) is 0 Å². The van der Waals surface area contributed by atoms with Crippen molar-refractivity contribution in [1.82, 2.24) is 0 Å². The van der Waals surface area contributed by atoms with E-state index < -0.39 is 0 Å². The summed E-state index contributed by atoms with van der Waals surface area (Å²) in [4.78, 5) is 2.41. The van der Waals surface area contributed by atoms with E-state index in [0.717, 1.165) is 17.1 Å². The van der Waals surface area contributed by atoms with Crippen LogP contribution in [0, 0.1) is 0 Å². The second-order valence-corrected chi connectivity index (χ2v) is 13.0. The Morgan fingerprint density at radius 2 is 0.804 bits per heavy atom. The first-order valence-electron chi connectivity index (χ1n) is 17.5. The molecule has 0 spiro atoms. The Hall–Kier alpha value is -6.70. The zero-order valence-electron chi connectivity index (χ0n) is 28.2. The number of hydrogen-bond donors (Lipinski definition) is 0. The van der Waals surface area contributed by atoms with Gasteiger partial charge in [-0.15, -0.1) is 0 Å². The summed E-state index contributed by atoms with van der Waals surface area (Å²) in [5.41, 5.74) is 13.0. The molecular formula is C50H35N. The first kappa shape index (κ1) is 30.4. The van der Waals surface area contributed by atoms with E-state index in [1.807, 2.05) is 0 Å². The molecule has 0 aliphatic rings. The van der Waals surface area contributed by atoms with Gasteiger partial charge in [0.15, 0.2) is 0 Å². The molecule has 0 N–H and O–H groups in total. The van der Waals surface area contributed by atoms with Gasteiger partial charge in [0.2, 0.25) is 0 Å². The standard InChI is InChI=1S/C50H35N/c1-4-14-36(15-5-1)43-28-33-49(48(35-43)38-17-6-2-7-18-38)51(45-31-24-37-16-10-11-22-42(37)34-45)44-29-25-40(26-30-44)47-32-27-39-19-12-13-23-46(39)50(47)41-20-8-3-9-21-41/h1-35H. The third-order valence-corrected chi connectivity index (χ3v) is 9.85. The van der Waals surface area contributed by atoms with Crippen molar-refractivity contribution in [3.05, 3.63) is 212 Å². The molecule has 51 heavy (non-hydrogen) atoms. The zero-order valence-corrected chi connectivity index (χ0v) is 28.2. The van der Waals surface area contributed by atoms with Crippen molar-refractivity contribution in [2.45, 2.75) is 0 Å². The summed E-state index contributed by atoms with van der Waals surface area (Å²) in [6, 6.07) is 76.7. The highest BCUT2D eigenvalue weighted by molar-refractivity contribution is 6.04. The lowest BCUT2D eigenvalue weighted by Crippen LogP contribution is -2.11. The molecular weight excluding hydrogens is 615 g/mol. The highest BCUT2D eigenvalue weighted by Crippen LogP contribution is 2.45. The van der Waals surface area contributed by atoms with Gasteiger partial charge in [-0.2, -0.15) is 0 Å². The van der Waals surface area contributed by atoms with Crippen LogP contribution in [0.3, 0.4) is 0 Å². The van der Waals surface area contributed by atoms with Crippen LogP contribution in [0.1, 0.15) is 0 Å². The SMILES string of the molecule is c1ccc(-c2ccc(N(c3ccc(-c4ccc5ccccc5c4-c4ccccc4)cc3)c3ccc4ccccc4c3)c(-c3ccccc3)c2)cc1. The van der Waals surface area contributed by atoms with Crippen LogP contribution in [0.5, 0.6) is 0 Å². The van der Waals surface area contributed by atoms with Gasteiger partial charge >= 0.3 is 0 Å². The van der Waals surface area contributed by atoms with E-state index in [0.29, 0.717) is 0 Å². The van der Waals surface area contributed by atoms with Crippen molar-refractivity contribution in [3.63, 3.8) is 0 Å². The summed E-state index contributed by atoms with van der Waals surface area (Å²) in [5.74, 6) is 0. The fourth-order valence-electron chi connectivity index (χ4n) is 7.35. The van der Waals surface area contributed by atoms with Gasteiger partial charge in [-0.25, -0.2) is 0 Å². The molecule has 0 atom stereocenters. The predicted molar refractivity (Wildman–Crippen MR) is 218 cm³/mol. The number of fused-ring (bicyclic) bond motifs is 2. The normalized spacial score (nSPS) is 11.1. The molecule has 0 fully saturated rings. The molecule has 9 aromatic carbocycles. The van der Waals surface area contributed by atoms with Crippen LogP contribution in [-0.4, -0.2) is 0 Å². The Balaban J connectivity index is 1.23. The highest BCUT2D eigenvalue weighted by atomic mass is 15.1. The van der Waals surface area contributed by atoms with E-state index in [-0.39, 0.29) is 0 Å². The molecule has 0 radical (unpaired) electrons. The number of anilines is 3. The van der Waals surface area contributed by atoms with E-state index in [4.69, 9.17) is 0 Å². The van der Waals surface area contributed by atoms with Crippen LogP contribution in [-0.2, 0) is 0 Å². The molecule has 0 aliphatic carbocycles. The minimum atomic E-state index is 1.10. The second kappa shape index (κ2) is 13.3. The van der Waals surface area contributed by atoms with Crippen molar-refractivity contribution in [1.29, 1.82) is 0 Å². The Labute approximate surface area is 299 Å². The Morgan fingerprint density at radius 1 is 0.275 bits per heavy atom. The molecule has 0 aliphatic heterocycles. The highest BCUT2D eigenvalue weighted by Gasteiger charge is 2.20. The van der Waals surface area contributed by atoms with Crippen molar-refractivity contribution in [2.75, 3.05) is 4.90 Å². The van der Waals surface area contributed by atoms with Crippen molar-refractivity contribution >= 4 is 38.6 Å². The fourth-order valence-corrected chi connectivity index (χ4v) is 7.35. The summed E-state index contributed by atoms with van der Waals surface area (Å²) in [6.07, 6.45) is 0. The fraction of sp³-hybridized carbons (Fsp3) is 0. The molecule has 0 unspecified atom stereocenters. The van der Waals surface area contributed by atoms with Gasteiger partial charge in [-0.1, -0.05) is 176 Å². The molecule has 9 aromatic rings. The van der Waals surface area contributed by atoms with Crippen LogP contribution < -0.4 is 4.90 Å². The maximum absolute atomic E-state index is 2.41. The van der Waals surface area contributed by atoms with Crippen molar-refractivity contribution in [2.24, 2.45) is 0 Å². The largest absolute Gasteiger partial charge is 0.310 e. The van der Waals surface area contributed by atoms with Crippen LogP contribution in [0.4, 0.5) is 17.1 Å². The van der Waals surface area contributed by atoms with Gasteiger partial charge in [0.25, 0.3) is 0 Å². The molecule has 1 heteroatoms. The maximum Gasteiger partial charge on any atom is 0.0540 e. The van der Waals surface area contributed by atoms with Gasteiger partial charge in [0.1, 0.15) is 0 Å². The first-order valence-corrected chi connectivity index (χ1v) is 17.5. The molecule has 9 rings (SSSR count). The summed E-state index contributed by atoms with van der Waals surface area (Å²) in [6.45, 7) is 0. The number of benzene rings is 9. The second-order valence-electron chi connectivity index (χ2n) is 13.0. The molecule has 0 heterocycles. The molecule has 1 nitrogen and oxygen atoms in total. The summed E-state index contributed by atoms with van der Waals surface area (Å²) < 4.78 is 0. The van der Waals surface area contributed by atoms with E-state index in [1.54, 1.807) is 0 Å². The van der Waals surface area contributed by atoms with Crippen LogP contribution in [0.25, 0.3) is 66.1 Å². The zero-order chi connectivity index (χ0) is 34.0. The van der Waals surface area contributed by atoms with E-state index >= 15 is 0 Å². The molecule has 0 amide bonds. The van der Waals surface area contributed by atoms with Gasteiger partial charge < -0.3 is 4.90 Å². The molecule has 0 aromatic heterocycles. The van der Waals surface area contributed by atoms with Crippen LogP contribution in [0.15, 0.2) is 212 Å². The van der Waals surface area contributed by atoms with Crippen molar-refractivity contribution in [3.8, 4) is 44.5 Å². The topological polar surface area (TPSA) is 3.24 Å². The number of nitrogens with zero attached hydrogens (tertiary/aromatic N) is 1.